The summed E-state index contributed by atoms with van der Waals surface area (Å²) in [6.45, 7) is 3.29. The summed E-state index contributed by atoms with van der Waals surface area (Å²) in [7, 11) is 0. The first-order chi connectivity index (χ1) is 18.1. The van der Waals surface area contributed by atoms with Gasteiger partial charge in [0, 0.05) is 49.7 Å². The van der Waals surface area contributed by atoms with Crippen molar-refractivity contribution in [1.82, 2.24) is 20.4 Å². The second-order valence-corrected chi connectivity index (χ2v) is 9.52. The van der Waals surface area contributed by atoms with Crippen LogP contribution in [0.15, 0.2) is 91.3 Å². The van der Waals surface area contributed by atoms with E-state index in [-0.39, 0.29) is 11.7 Å². The quantitative estimate of drug-likeness (QED) is 0.354. The van der Waals surface area contributed by atoms with E-state index in [4.69, 9.17) is 0 Å². The number of amides is 1. The summed E-state index contributed by atoms with van der Waals surface area (Å²) >= 11 is 0. The van der Waals surface area contributed by atoms with Crippen molar-refractivity contribution in [2.24, 2.45) is 0 Å². The third-order valence-corrected chi connectivity index (χ3v) is 6.82. The number of nitrogens with one attached hydrogen (secondary N) is 2. The molecule has 0 aliphatic carbocycles. The Kier molecular flexibility index (Phi) is 7.91. The lowest BCUT2D eigenvalue weighted by Crippen LogP contribution is -2.42. The van der Waals surface area contributed by atoms with Crippen LogP contribution < -0.4 is 15.5 Å². The fraction of sp³-hybridized carbons (Fsp3) is 0.267. The first-order valence-corrected chi connectivity index (χ1v) is 12.8. The van der Waals surface area contributed by atoms with Gasteiger partial charge in [0.2, 0.25) is 5.91 Å². The Morgan fingerprint density at radius 3 is 2.27 bits per heavy atom. The van der Waals surface area contributed by atoms with E-state index in [0.717, 1.165) is 54.9 Å². The average Bonchev–Trinajstić information content (AvgIpc) is 3.42. The van der Waals surface area contributed by atoms with Crippen molar-refractivity contribution in [2.75, 3.05) is 18.0 Å². The van der Waals surface area contributed by atoms with Crippen LogP contribution in [0.5, 0.6) is 0 Å². The molecule has 1 amide bonds. The monoisotopic (exact) mass is 497 g/mol. The van der Waals surface area contributed by atoms with Gasteiger partial charge in [-0.1, -0.05) is 42.5 Å². The molecule has 1 aromatic heterocycles. The summed E-state index contributed by atoms with van der Waals surface area (Å²) in [6.07, 6.45) is 6.36. The van der Waals surface area contributed by atoms with E-state index in [9.17, 15) is 9.18 Å². The van der Waals surface area contributed by atoms with Crippen LogP contribution in [0.3, 0.4) is 0 Å². The topological polar surface area (TPSA) is 62.2 Å². The maximum atomic E-state index is 13.2. The number of carbonyl (C=O) groups is 1. The summed E-state index contributed by atoms with van der Waals surface area (Å²) in [5.41, 5.74) is 5.28. The minimum absolute atomic E-state index is 0.0340. The van der Waals surface area contributed by atoms with E-state index in [1.165, 1.54) is 17.8 Å². The number of carbonyl (C=O) groups excluding carboxylic acids is 1. The highest BCUT2D eigenvalue weighted by Gasteiger charge is 2.19. The van der Waals surface area contributed by atoms with Crippen LogP contribution in [0.4, 0.5) is 10.1 Å². The molecule has 190 valence electrons. The molecule has 2 heterocycles. The molecule has 37 heavy (non-hydrogen) atoms. The number of rotatable bonds is 9. The Bertz CT molecular complexity index is 1280. The molecular weight excluding hydrogens is 465 g/mol. The second-order valence-electron chi connectivity index (χ2n) is 9.52. The van der Waals surface area contributed by atoms with Crippen molar-refractivity contribution < 1.29 is 9.18 Å². The molecule has 2 N–H and O–H groups in total. The number of benzene rings is 3. The molecular formula is C30H32FN5O. The molecule has 3 aromatic carbocycles. The van der Waals surface area contributed by atoms with Crippen LogP contribution in [0.2, 0.25) is 0 Å². The van der Waals surface area contributed by atoms with Crippen LogP contribution in [-0.2, 0) is 24.3 Å². The van der Waals surface area contributed by atoms with Gasteiger partial charge in [-0.3, -0.25) is 4.79 Å². The maximum Gasteiger partial charge on any atom is 0.224 e. The summed E-state index contributed by atoms with van der Waals surface area (Å²) < 4.78 is 14.9. The molecule has 0 saturated carbocycles. The van der Waals surface area contributed by atoms with Crippen LogP contribution in [0, 0.1) is 5.82 Å². The molecule has 0 unspecified atom stereocenters. The molecule has 1 saturated heterocycles. The summed E-state index contributed by atoms with van der Waals surface area (Å²) in [5, 5.41) is 11.0. The van der Waals surface area contributed by atoms with Crippen molar-refractivity contribution >= 4 is 11.6 Å². The molecule has 4 aromatic rings. The molecule has 1 fully saturated rings. The number of piperidine rings is 1. The number of halogens is 1. The smallest absolute Gasteiger partial charge is 0.224 e. The van der Waals surface area contributed by atoms with Crippen LogP contribution in [0.25, 0.3) is 5.69 Å². The first-order valence-electron chi connectivity index (χ1n) is 12.8. The minimum Gasteiger partial charge on any atom is -0.371 e. The summed E-state index contributed by atoms with van der Waals surface area (Å²) in [4.78, 5) is 14.7. The highest BCUT2D eigenvalue weighted by Crippen LogP contribution is 2.21. The Morgan fingerprint density at radius 1 is 0.838 bits per heavy atom. The fourth-order valence-electron chi connectivity index (χ4n) is 4.66. The van der Waals surface area contributed by atoms with Gasteiger partial charge in [-0.25, -0.2) is 9.07 Å². The Labute approximate surface area is 217 Å². The predicted octanol–water partition coefficient (Wildman–Crippen LogP) is 4.63. The molecule has 0 bridgehead atoms. The van der Waals surface area contributed by atoms with E-state index in [1.54, 1.807) is 16.8 Å². The molecule has 0 radical (unpaired) electrons. The van der Waals surface area contributed by atoms with E-state index in [1.807, 2.05) is 42.7 Å². The van der Waals surface area contributed by atoms with Gasteiger partial charge in [-0.15, -0.1) is 0 Å². The predicted molar refractivity (Wildman–Crippen MR) is 144 cm³/mol. The van der Waals surface area contributed by atoms with E-state index >= 15 is 0 Å². The number of nitrogens with zero attached hydrogens (tertiary/aromatic N) is 3. The van der Waals surface area contributed by atoms with Gasteiger partial charge in [0.15, 0.2) is 0 Å². The van der Waals surface area contributed by atoms with Gasteiger partial charge in [0.1, 0.15) is 5.82 Å². The van der Waals surface area contributed by atoms with Crippen molar-refractivity contribution in [3.8, 4) is 5.69 Å². The van der Waals surface area contributed by atoms with E-state index < -0.39 is 0 Å². The fourth-order valence-corrected chi connectivity index (χ4v) is 4.66. The standard InChI is InChI=1S/C30H32FN5O/c31-26-8-12-29(13-9-26)36-22-25(21-34-36)20-32-27-14-16-35(17-15-27)28-10-6-23(7-11-28)18-30(37)33-19-24-4-2-1-3-5-24/h1-13,21-22,27,32H,14-20H2,(H,33,37). The van der Waals surface area contributed by atoms with Gasteiger partial charge in [0.05, 0.1) is 18.3 Å². The number of hydrogen-bond donors (Lipinski definition) is 2. The van der Waals surface area contributed by atoms with E-state index in [2.05, 4.69) is 44.9 Å². The summed E-state index contributed by atoms with van der Waals surface area (Å²) in [5.74, 6) is -0.214. The normalized spacial score (nSPS) is 14.0. The Morgan fingerprint density at radius 2 is 1.54 bits per heavy atom. The summed E-state index contributed by atoms with van der Waals surface area (Å²) in [6, 6.07) is 25.1. The zero-order valence-electron chi connectivity index (χ0n) is 20.8. The molecule has 0 atom stereocenters. The minimum atomic E-state index is -0.248. The van der Waals surface area contributed by atoms with Gasteiger partial charge in [-0.05, 0) is 60.4 Å². The van der Waals surface area contributed by atoms with Crippen LogP contribution in [-0.4, -0.2) is 34.8 Å². The first kappa shape index (κ1) is 24.7. The highest BCUT2D eigenvalue weighted by atomic mass is 19.1. The van der Waals surface area contributed by atoms with Crippen LogP contribution in [0.1, 0.15) is 29.5 Å². The number of aromatic nitrogens is 2. The average molecular weight is 498 g/mol. The molecule has 1 aliphatic heterocycles. The Hall–Kier alpha value is -3.97. The Balaban J connectivity index is 1.04. The number of anilines is 1. The van der Waals surface area contributed by atoms with Crippen LogP contribution >= 0.6 is 0 Å². The van der Waals surface area contributed by atoms with Crippen molar-refractivity contribution in [3.05, 3.63) is 114 Å². The lowest BCUT2D eigenvalue weighted by atomic mass is 10.0. The molecule has 1 aliphatic rings. The lowest BCUT2D eigenvalue weighted by Gasteiger charge is -2.34. The highest BCUT2D eigenvalue weighted by molar-refractivity contribution is 5.78. The van der Waals surface area contributed by atoms with E-state index in [0.29, 0.717) is 19.0 Å². The number of hydrogen-bond acceptors (Lipinski definition) is 4. The van der Waals surface area contributed by atoms with Gasteiger partial charge in [0.25, 0.3) is 0 Å². The zero-order chi connectivity index (χ0) is 25.5. The van der Waals surface area contributed by atoms with Crippen molar-refractivity contribution in [1.29, 1.82) is 0 Å². The van der Waals surface area contributed by atoms with Crippen molar-refractivity contribution in [3.63, 3.8) is 0 Å². The molecule has 0 spiro atoms. The van der Waals surface area contributed by atoms with Crippen molar-refractivity contribution in [2.45, 2.75) is 38.4 Å². The van der Waals surface area contributed by atoms with Gasteiger partial charge >= 0.3 is 0 Å². The lowest BCUT2D eigenvalue weighted by molar-refractivity contribution is -0.120. The zero-order valence-corrected chi connectivity index (χ0v) is 20.8. The second kappa shape index (κ2) is 11.8. The largest absolute Gasteiger partial charge is 0.371 e. The molecule has 6 nitrogen and oxygen atoms in total. The molecule has 5 rings (SSSR count). The SMILES string of the molecule is O=C(Cc1ccc(N2CCC(NCc3cnn(-c4ccc(F)cc4)c3)CC2)cc1)NCc1ccccc1. The third-order valence-electron chi connectivity index (χ3n) is 6.82. The van der Waals surface area contributed by atoms with Gasteiger partial charge in [-0.2, -0.15) is 5.10 Å². The molecule has 7 heteroatoms. The van der Waals surface area contributed by atoms with Gasteiger partial charge < -0.3 is 15.5 Å². The third kappa shape index (κ3) is 6.83. The maximum absolute atomic E-state index is 13.2.